The third-order valence-electron chi connectivity index (χ3n) is 4.61. The second-order valence-corrected chi connectivity index (χ2v) is 7.51. The molecule has 0 aliphatic carbocycles. The van der Waals surface area contributed by atoms with Crippen molar-refractivity contribution in [3.05, 3.63) is 47.0 Å². The van der Waals surface area contributed by atoms with E-state index >= 15 is 0 Å². The molecule has 0 unspecified atom stereocenters. The van der Waals surface area contributed by atoms with Crippen molar-refractivity contribution in [1.82, 2.24) is 19.5 Å². The lowest BCUT2D eigenvalue weighted by Crippen LogP contribution is -2.37. The van der Waals surface area contributed by atoms with E-state index < -0.39 is 0 Å². The molecule has 0 aromatic carbocycles. The Labute approximate surface area is 142 Å². The van der Waals surface area contributed by atoms with Crippen LogP contribution in [0.2, 0.25) is 0 Å². The lowest BCUT2D eigenvalue weighted by molar-refractivity contribution is 0.349. The number of aromatic nitrogens is 4. The summed E-state index contributed by atoms with van der Waals surface area (Å²) in [6, 6.07) is 3.62. The molecule has 128 valence electrons. The van der Waals surface area contributed by atoms with E-state index in [1.165, 1.54) is 0 Å². The Hall–Kier alpha value is -2.24. The van der Waals surface area contributed by atoms with Gasteiger partial charge in [0.05, 0.1) is 12.0 Å². The van der Waals surface area contributed by atoms with Crippen LogP contribution in [0.5, 0.6) is 0 Å². The normalized spacial score (nSPS) is 16.4. The van der Waals surface area contributed by atoms with E-state index in [1.54, 1.807) is 29.5 Å². The zero-order chi connectivity index (χ0) is 17.2. The summed E-state index contributed by atoms with van der Waals surface area (Å²) in [6.07, 6.45) is 7.18. The summed E-state index contributed by atoms with van der Waals surface area (Å²) in [4.78, 5) is 27.4. The first kappa shape index (κ1) is 16.6. The van der Waals surface area contributed by atoms with E-state index in [4.69, 9.17) is 0 Å². The minimum absolute atomic E-state index is 0.0492. The Kier molecular flexibility index (Phi) is 4.64. The van der Waals surface area contributed by atoms with Gasteiger partial charge in [0.15, 0.2) is 0 Å². The van der Waals surface area contributed by atoms with Crippen molar-refractivity contribution >= 4 is 5.82 Å². The molecule has 0 saturated carbocycles. The van der Waals surface area contributed by atoms with Crippen molar-refractivity contribution < 1.29 is 0 Å². The number of hydrogen-bond acceptors (Lipinski definition) is 5. The largest absolute Gasteiger partial charge is 0.357 e. The maximum absolute atomic E-state index is 12.3. The van der Waals surface area contributed by atoms with Crippen LogP contribution in [-0.2, 0) is 12.0 Å². The first-order valence-corrected chi connectivity index (χ1v) is 8.51. The van der Waals surface area contributed by atoms with Gasteiger partial charge in [0.1, 0.15) is 12.1 Å². The van der Waals surface area contributed by atoms with E-state index in [1.807, 2.05) is 6.07 Å². The number of rotatable bonds is 3. The molecule has 0 atom stereocenters. The third kappa shape index (κ3) is 3.80. The van der Waals surface area contributed by atoms with Gasteiger partial charge in [-0.05, 0) is 24.8 Å². The SMILES string of the molecule is CC(C)(C)c1cc(=O)n(CC2CCN(c3ccncn3)CC2)cn1. The van der Waals surface area contributed by atoms with Crippen molar-refractivity contribution in [1.29, 1.82) is 0 Å². The van der Waals surface area contributed by atoms with E-state index in [2.05, 4.69) is 40.6 Å². The number of anilines is 1. The molecular weight excluding hydrogens is 302 g/mol. The Morgan fingerprint density at radius 1 is 1.21 bits per heavy atom. The fraction of sp³-hybridized carbons (Fsp3) is 0.556. The van der Waals surface area contributed by atoms with Crippen LogP contribution in [0.15, 0.2) is 35.8 Å². The second kappa shape index (κ2) is 6.71. The molecule has 1 saturated heterocycles. The van der Waals surface area contributed by atoms with Crippen molar-refractivity contribution in [2.75, 3.05) is 18.0 Å². The van der Waals surface area contributed by atoms with Crippen LogP contribution in [0.4, 0.5) is 5.82 Å². The minimum atomic E-state index is -0.0961. The van der Waals surface area contributed by atoms with Crippen molar-refractivity contribution in [3.63, 3.8) is 0 Å². The van der Waals surface area contributed by atoms with Gasteiger partial charge < -0.3 is 4.90 Å². The van der Waals surface area contributed by atoms with Gasteiger partial charge in [0.2, 0.25) is 0 Å². The molecule has 1 fully saturated rings. The van der Waals surface area contributed by atoms with Crippen LogP contribution in [0, 0.1) is 5.92 Å². The van der Waals surface area contributed by atoms with Gasteiger partial charge in [-0.1, -0.05) is 20.8 Å². The first-order valence-electron chi connectivity index (χ1n) is 8.51. The molecular formula is C18H25N5O. The predicted octanol–water partition coefficient (Wildman–Crippen LogP) is 2.25. The Balaban J connectivity index is 1.61. The summed E-state index contributed by atoms with van der Waals surface area (Å²) < 4.78 is 1.75. The van der Waals surface area contributed by atoms with Crippen LogP contribution in [0.3, 0.4) is 0 Å². The van der Waals surface area contributed by atoms with Gasteiger partial charge in [-0.3, -0.25) is 9.36 Å². The van der Waals surface area contributed by atoms with E-state index in [0.29, 0.717) is 5.92 Å². The summed E-state index contributed by atoms with van der Waals surface area (Å²) in [5, 5.41) is 0. The highest BCUT2D eigenvalue weighted by Gasteiger charge is 2.22. The smallest absolute Gasteiger partial charge is 0.253 e. The summed E-state index contributed by atoms with van der Waals surface area (Å²) in [7, 11) is 0. The van der Waals surface area contributed by atoms with E-state index in [0.717, 1.165) is 44.0 Å². The highest BCUT2D eigenvalue weighted by molar-refractivity contribution is 5.36. The topological polar surface area (TPSA) is 63.9 Å². The minimum Gasteiger partial charge on any atom is -0.357 e. The van der Waals surface area contributed by atoms with Crippen LogP contribution < -0.4 is 10.5 Å². The van der Waals surface area contributed by atoms with Gasteiger partial charge >= 0.3 is 0 Å². The van der Waals surface area contributed by atoms with Crippen molar-refractivity contribution in [2.24, 2.45) is 5.92 Å². The zero-order valence-electron chi connectivity index (χ0n) is 14.6. The van der Waals surface area contributed by atoms with Gasteiger partial charge in [0.25, 0.3) is 5.56 Å². The van der Waals surface area contributed by atoms with Crippen molar-refractivity contribution in [2.45, 2.75) is 45.6 Å². The van der Waals surface area contributed by atoms with Crippen molar-refractivity contribution in [3.8, 4) is 0 Å². The number of hydrogen-bond donors (Lipinski definition) is 0. The molecule has 6 heteroatoms. The third-order valence-corrected chi connectivity index (χ3v) is 4.61. The molecule has 1 aliphatic heterocycles. The molecule has 0 bridgehead atoms. The monoisotopic (exact) mass is 327 g/mol. The predicted molar refractivity (Wildman–Crippen MR) is 94.2 cm³/mol. The fourth-order valence-electron chi connectivity index (χ4n) is 3.07. The number of nitrogens with zero attached hydrogens (tertiary/aromatic N) is 5. The van der Waals surface area contributed by atoms with Crippen LogP contribution >= 0.6 is 0 Å². The molecule has 24 heavy (non-hydrogen) atoms. The second-order valence-electron chi connectivity index (χ2n) is 7.51. The maximum Gasteiger partial charge on any atom is 0.253 e. The van der Waals surface area contributed by atoms with Crippen LogP contribution in [0.25, 0.3) is 0 Å². The molecule has 2 aromatic rings. The molecule has 0 radical (unpaired) electrons. The van der Waals surface area contributed by atoms with E-state index in [9.17, 15) is 4.79 Å². The highest BCUT2D eigenvalue weighted by atomic mass is 16.1. The Bertz CT molecular complexity index is 727. The molecule has 0 spiro atoms. The zero-order valence-corrected chi connectivity index (χ0v) is 14.6. The lowest BCUT2D eigenvalue weighted by Gasteiger charge is -2.32. The van der Waals surface area contributed by atoms with Gasteiger partial charge in [-0.15, -0.1) is 0 Å². The van der Waals surface area contributed by atoms with Crippen LogP contribution in [0.1, 0.15) is 39.3 Å². The molecule has 1 aliphatic rings. The average Bonchev–Trinajstić information content (AvgIpc) is 2.57. The lowest BCUT2D eigenvalue weighted by atomic mass is 9.92. The summed E-state index contributed by atoms with van der Waals surface area (Å²) >= 11 is 0. The molecule has 0 N–H and O–H groups in total. The van der Waals surface area contributed by atoms with Gasteiger partial charge in [0, 0.05) is 37.3 Å². The molecule has 3 rings (SSSR count). The summed E-state index contributed by atoms with van der Waals surface area (Å²) in [6.45, 7) is 8.88. The Morgan fingerprint density at radius 2 is 1.96 bits per heavy atom. The first-order chi connectivity index (χ1) is 11.4. The van der Waals surface area contributed by atoms with E-state index in [-0.39, 0.29) is 11.0 Å². The summed E-state index contributed by atoms with van der Waals surface area (Å²) in [5.74, 6) is 1.49. The van der Waals surface area contributed by atoms with Gasteiger partial charge in [-0.25, -0.2) is 15.0 Å². The fourth-order valence-corrected chi connectivity index (χ4v) is 3.07. The van der Waals surface area contributed by atoms with Gasteiger partial charge in [-0.2, -0.15) is 0 Å². The molecule has 6 nitrogen and oxygen atoms in total. The number of piperidine rings is 1. The molecule has 2 aromatic heterocycles. The summed E-state index contributed by atoms with van der Waals surface area (Å²) in [5.41, 5.74) is 0.802. The highest BCUT2D eigenvalue weighted by Crippen LogP contribution is 2.22. The quantitative estimate of drug-likeness (QED) is 0.865. The maximum atomic E-state index is 12.3. The average molecular weight is 327 g/mol. The molecule has 0 amide bonds. The Morgan fingerprint density at radius 3 is 2.54 bits per heavy atom. The van der Waals surface area contributed by atoms with Crippen LogP contribution in [-0.4, -0.2) is 32.6 Å². The molecule has 3 heterocycles. The standard InChI is InChI=1S/C18H25N5O/c1-18(2,3)15-10-17(24)23(13-21-15)11-14-5-8-22(9-6-14)16-4-7-19-12-20-16/h4,7,10,12-14H,5-6,8-9,11H2,1-3H3.